The van der Waals surface area contributed by atoms with Gasteiger partial charge in [-0.15, -0.1) is 0 Å². The topological polar surface area (TPSA) is 63.2 Å². The first kappa shape index (κ1) is 22.3. The zero-order chi connectivity index (χ0) is 22.1. The Labute approximate surface area is 174 Å². The minimum atomic E-state index is -4.31. The maximum atomic E-state index is 12.7. The number of halogens is 3. The summed E-state index contributed by atoms with van der Waals surface area (Å²) < 4.78 is 43.3. The lowest BCUT2D eigenvalue weighted by molar-refractivity contribution is -0.115. The smallest absolute Gasteiger partial charge is 0.381 e. The SMILES string of the molecule is Cc1cc(C(=O)NCC2CCOC2)nc2c(C(C)(C)C)cc(NCC(F)(F)F)cc12. The highest BCUT2D eigenvalue weighted by molar-refractivity contribution is 5.97. The zero-order valence-electron chi connectivity index (χ0n) is 17.7. The molecule has 2 heterocycles. The summed E-state index contributed by atoms with van der Waals surface area (Å²) in [4.78, 5) is 17.3. The van der Waals surface area contributed by atoms with Gasteiger partial charge in [-0.05, 0) is 48.1 Å². The molecule has 0 spiro atoms. The summed E-state index contributed by atoms with van der Waals surface area (Å²) in [7, 11) is 0. The molecule has 1 aliphatic rings. The molecule has 1 fully saturated rings. The number of aromatic nitrogens is 1. The number of hydrogen-bond donors (Lipinski definition) is 2. The highest BCUT2D eigenvalue weighted by atomic mass is 19.4. The van der Waals surface area contributed by atoms with Gasteiger partial charge in [0.25, 0.3) is 5.91 Å². The van der Waals surface area contributed by atoms with Crippen molar-refractivity contribution in [2.45, 2.75) is 45.7 Å². The Morgan fingerprint density at radius 2 is 1.97 bits per heavy atom. The maximum Gasteiger partial charge on any atom is 0.405 e. The molecule has 0 saturated carbocycles. The van der Waals surface area contributed by atoms with Crippen molar-refractivity contribution in [3.8, 4) is 0 Å². The van der Waals surface area contributed by atoms with E-state index in [2.05, 4.69) is 15.6 Å². The van der Waals surface area contributed by atoms with E-state index in [1.165, 1.54) is 0 Å². The van der Waals surface area contributed by atoms with Crippen LogP contribution >= 0.6 is 0 Å². The monoisotopic (exact) mass is 423 g/mol. The fourth-order valence-electron chi connectivity index (χ4n) is 3.56. The van der Waals surface area contributed by atoms with E-state index in [0.29, 0.717) is 42.6 Å². The van der Waals surface area contributed by atoms with Crippen molar-refractivity contribution < 1.29 is 22.7 Å². The highest BCUT2D eigenvalue weighted by Crippen LogP contribution is 2.34. The number of carbonyl (C=O) groups excluding carboxylic acids is 1. The van der Waals surface area contributed by atoms with E-state index in [1.807, 2.05) is 27.7 Å². The van der Waals surface area contributed by atoms with Crippen LogP contribution < -0.4 is 10.6 Å². The van der Waals surface area contributed by atoms with Crippen LogP contribution in [0.3, 0.4) is 0 Å². The van der Waals surface area contributed by atoms with Crippen molar-refractivity contribution in [3.63, 3.8) is 0 Å². The van der Waals surface area contributed by atoms with Gasteiger partial charge >= 0.3 is 6.18 Å². The molecule has 30 heavy (non-hydrogen) atoms. The number of anilines is 1. The van der Waals surface area contributed by atoms with Crippen molar-refractivity contribution >= 4 is 22.5 Å². The lowest BCUT2D eigenvalue weighted by atomic mass is 9.84. The van der Waals surface area contributed by atoms with E-state index in [4.69, 9.17) is 4.74 Å². The van der Waals surface area contributed by atoms with Gasteiger partial charge in [0, 0.05) is 30.1 Å². The van der Waals surface area contributed by atoms with Gasteiger partial charge in [0.1, 0.15) is 12.2 Å². The molecule has 1 aromatic heterocycles. The molecule has 164 valence electrons. The molecule has 1 amide bonds. The largest absolute Gasteiger partial charge is 0.405 e. The number of nitrogens with zero attached hydrogens (tertiary/aromatic N) is 1. The lowest BCUT2D eigenvalue weighted by Crippen LogP contribution is -2.30. The molecule has 2 N–H and O–H groups in total. The molecule has 2 aromatic rings. The Balaban J connectivity index is 1.96. The van der Waals surface area contributed by atoms with E-state index in [0.717, 1.165) is 22.9 Å². The Kier molecular flexibility index (Phi) is 6.26. The molecule has 1 atom stereocenters. The predicted molar refractivity (Wildman–Crippen MR) is 111 cm³/mol. The fourth-order valence-corrected chi connectivity index (χ4v) is 3.56. The summed E-state index contributed by atoms with van der Waals surface area (Å²) in [5.74, 6) is 0.0499. The van der Waals surface area contributed by atoms with Gasteiger partial charge in [-0.2, -0.15) is 13.2 Å². The quantitative estimate of drug-likeness (QED) is 0.739. The number of alkyl halides is 3. The van der Waals surface area contributed by atoms with Gasteiger partial charge in [-0.3, -0.25) is 4.79 Å². The van der Waals surface area contributed by atoms with Crippen molar-refractivity contribution in [3.05, 3.63) is 35.0 Å². The second-order valence-electron chi connectivity index (χ2n) is 8.90. The second-order valence-corrected chi connectivity index (χ2v) is 8.90. The molecule has 5 nitrogen and oxygen atoms in total. The van der Waals surface area contributed by atoms with Crippen molar-refractivity contribution in [2.24, 2.45) is 5.92 Å². The van der Waals surface area contributed by atoms with E-state index >= 15 is 0 Å². The predicted octanol–water partition coefficient (Wildman–Crippen LogP) is 4.58. The molecule has 8 heteroatoms. The molecule has 1 saturated heterocycles. The molecule has 1 aliphatic heterocycles. The number of nitrogens with one attached hydrogen (secondary N) is 2. The summed E-state index contributed by atoms with van der Waals surface area (Å²) >= 11 is 0. The Morgan fingerprint density at radius 3 is 2.57 bits per heavy atom. The number of carbonyl (C=O) groups is 1. The second kappa shape index (κ2) is 8.41. The summed E-state index contributed by atoms with van der Waals surface area (Å²) in [5.41, 5.74) is 2.52. The van der Waals surface area contributed by atoms with Crippen LogP contribution in [-0.2, 0) is 10.2 Å². The molecule has 0 aliphatic carbocycles. The van der Waals surface area contributed by atoms with Crippen molar-refractivity contribution in [2.75, 3.05) is 31.6 Å². The third kappa shape index (κ3) is 5.41. The van der Waals surface area contributed by atoms with Gasteiger partial charge in [0.15, 0.2) is 0 Å². The fraction of sp³-hybridized carbons (Fsp3) is 0.545. The minimum Gasteiger partial charge on any atom is -0.381 e. The van der Waals surface area contributed by atoms with E-state index in [9.17, 15) is 18.0 Å². The Bertz CT molecular complexity index is 930. The van der Waals surface area contributed by atoms with E-state index in [-0.39, 0.29) is 11.3 Å². The zero-order valence-corrected chi connectivity index (χ0v) is 17.7. The number of rotatable bonds is 5. The van der Waals surface area contributed by atoms with Gasteiger partial charge in [0.2, 0.25) is 0 Å². The van der Waals surface area contributed by atoms with Gasteiger partial charge in [-0.1, -0.05) is 20.8 Å². The Hall–Kier alpha value is -2.35. The van der Waals surface area contributed by atoms with Crippen LogP contribution in [0.5, 0.6) is 0 Å². The van der Waals surface area contributed by atoms with Crippen LogP contribution in [0.2, 0.25) is 0 Å². The number of pyridine rings is 1. The number of benzene rings is 1. The summed E-state index contributed by atoms with van der Waals surface area (Å²) in [5, 5.41) is 6.11. The lowest BCUT2D eigenvalue weighted by Gasteiger charge is -2.23. The molecule has 1 aromatic carbocycles. The van der Waals surface area contributed by atoms with Gasteiger partial charge in [0.05, 0.1) is 12.1 Å². The molecule has 1 unspecified atom stereocenters. The third-order valence-electron chi connectivity index (χ3n) is 5.23. The van der Waals surface area contributed by atoms with Crippen LogP contribution in [0.4, 0.5) is 18.9 Å². The van der Waals surface area contributed by atoms with Crippen LogP contribution in [0.15, 0.2) is 18.2 Å². The third-order valence-corrected chi connectivity index (χ3v) is 5.23. The maximum absolute atomic E-state index is 12.7. The molecular formula is C22H28F3N3O2. The number of fused-ring (bicyclic) bond motifs is 1. The van der Waals surface area contributed by atoms with Crippen molar-refractivity contribution in [1.82, 2.24) is 10.3 Å². The summed E-state index contributed by atoms with van der Waals surface area (Å²) in [6, 6.07) is 5.04. The standard InChI is InChI=1S/C22H28F3N3O2/c1-13-7-18(20(29)26-10-14-5-6-30-11-14)28-19-16(13)8-15(27-12-22(23,24)25)9-17(19)21(2,3)4/h7-9,14,27H,5-6,10-12H2,1-4H3,(H,26,29). The normalized spacial score (nSPS) is 17.4. The first-order chi connectivity index (χ1) is 13.9. The van der Waals surface area contributed by atoms with Crippen LogP contribution in [0, 0.1) is 12.8 Å². The number of aryl methyl sites for hydroxylation is 1. The number of ether oxygens (including phenoxy) is 1. The molecule has 0 bridgehead atoms. The summed E-state index contributed by atoms with van der Waals surface area (Å²) in [6.45, 7) is 8.53. The van der Waals surface area contributed by atoms with Gasteiger partial charge < -0.3 is 15.4 Å². The number of hydrogen-bond acceptors (Lipinski definition) is 4. The summed E-state index contributed by atoms with van der Waals surface area (Å²) in [6.07, 6.45) is -3.39. The Morgan fingerprint density at radius 1 is 1.23 bits per heavy atom. The molecular weight excluding hydrogens is 395 g/mol. The molecule has 0 radical (unpaired) electrons. The minimum absolute atomic E-state index is 0.258. The average Bonchev–Trinajstić information content (AvgIpc) is 3.16. The first-order valence-corrected chi connectivity index (χ1v) is 10.1. The van der Waals surface area contributed by atoms with Gasteiger partial charge in [-0.25, -0.2) is 4.98 Å². The van der Waals surface area contributed by atoms with E-state index < -0.39 is 12.7 Å². The van der Waals surface area contributed by atoms with Crippen LogP contribution in [0.25, 0.3) is 10.9 Å². The van der Waals surface area contributed by atoms with E-state index in [1.54, 1.807) is 18.2 Å². The van der Waals surface area contributed by atoms with Crippen LogP contribution in [0.1, 0.15) is 48.8 Å². The van der Waals surface area contributed by atoms with Crippen molar-refractivity contribution in [1.29, 1.82) is 0 Å². The average molecular weight is 423 g/mol. The first-order valence-electron chi connectivity index (χ1n) is 10.1. The van der Waals surface area contributed by atoms with Crippen LogP contribution in [-0.4, -0.2) is 43.4 Å². The number of amides is 1. The highest BCUT2D eigenvalue weighted by Gasteiger charge is 2.28. The molecule has 3 rings (SSSR count).